The minimum atomic E-state index is 0.596. The molecule has 0 spiro atoms. The van der Waals surface area contributed by atoms with E-state index in [0.29, 0.717) is 5.92 Å². The summed E-state index contributed by atoms with van der Waals surface area (Å²) in [5.74, 6) is 0.596. The normalized spacial score (nSPS) is 21.9. The SMILES string of the molecule is NCCC1=CNC2=CC=CCC12.c1ccc(N2CCNCC2)cc1. The first-order chi connectivity index (χ1) is 11.9. The fraction of sp³-hybridized carbons (Fsp3) is 0.400. The van der Waals surface area contributed by atoms with Gasteiger partial charge in [0.05, 0.1) is 0 Å². The molecule has 2 aliphatic heterocycles. The lowest BCUT2D eigenvalue weighted by molar-refractivity contribution is 0.589. The second-order valence-electron chi connectivity index (χ2n) is 6.31. The van der Waals surface area contributed by atoms with Crippen molar-refractivity contribution >= 4 is 5.69 Å². The third kappa shape index (κ3) is 4.28. The van der Waals surface area contributed by atoms with Crippen molar-refractivity contribution in [1.82, 2.24) is 10.6 Å². The van der Waals surface area contributed by atoms with E-state index in [9.17, 15) is 0 Å². The Labute approximate surface area is 145 Å². The molecule has 24 heavy (non-hydrogen) atoms. The van der Waals surface area contributed by atoms with Crippen molar-refractivity contribution in [3.05, 3.63) is 66.0 Å². The van der Waals surface area contributed by atoms with Gasteiger partial charge in [0.2, 0.25) is 0 Å². The van der Waals surface area contributed by atoms with Gasteiger partial charge in [0.15, 0.2) is 0 Å². The van der Waals surface area contributed by atoms with Crippen LogP contribution in [-0.4, -0.2) is 32.7 Å². The zero-order valence-corrected chi connectivity index (χ0v) is 14.2. The van der Waals surface area contributed by atoms with E-state index in [2.05, 4.69) is 70.3 Å². The highest BCUT2D eigenvalue weighted by Gasteiger charge is 2.23. The van der Waals surface area contributed by atoms with Crippen LogP contribution >= 0.6 is 0 Å². The molecule has 0 amide bonds. The zero-order chi connectivity index (χ0) is 16.6. The average molecular weight is 324 g/mol. The molecule has 3 aliphatic rings. The Kier molecular flexibility index (Phi) is 6.10. The maximum Gasteiger partial charge on any atom is 0.0367 e. The number of nitrogens with zero attached hydrogens (tertiary/aromatic N) is 1. The molecule has 1 atom stereocenters. The fourth-order valence-corrected chi connectivity index (χ4v) is 3.38. The Morgan fingerprint density at radius 1 is 1.12 bits per heavy atom. The van der Waals surface area contributed by atoms with Crippen molar-refractivity contribution in [2.24, 2.45) is 11.7 Å². The Hall–Kier alpha value is -2.04. The van der Waals surface area contributed by atoms with E-state index in [-0.39, 0.29) is 0 Å². The number of rotatable bonds is 3. The molecule has 4 nitrogen and oxygen atoms in total. The Morgan fingerprint density at radius 3 is 2.67 bits per heavy atom. The van der Waals surface area contributed by atoms with Gasteiger partial charge in [-0.05, 0) is 43.2 Å². The summed E-state index contributed by atoms with van der Waals surface area (Å²) < 4.78 is 0. The summed E-state index contributed by atoms with van der Waals surface area (Å²) in [5.41, 5.74) is 9.66. The second kappa shape index (κ2) is 8.71. The molecule has 4 heteroatoms. The largest absolute Gasteiger partial charge is 0.369 e. The highest BCUT2D eigenvalue weighted by molar-refractivity contribution is 5.46. The number of piperazine rings is 1. The molecule has 2 heterocycles. The maximum atomic E-state index is 5.52. The Bertz CT molecular complexity index is 597. The molecular formula is C20H28N4. The van der Waals surface area contributed by atoms with Crippen molar-refractivity contribution in [2.75, 3.05) is 37.6 Å². The molecule has 1 aromatic rings. The van der Waals surface area contributed by atoms with Crippen LogP contribution in [-0.2, 0) is 0 Å². The molecule has 4 N–H and O–H groups in total. The van der Waals surface area contributed by atoms with Gasteiger partial charge in [-0.2, -0.15) is 0 Å². The molecule has 1 fully saturated rings. The number of nitrogens with one attached hydrogen (secondary N) is 2. The highest BCUT2D eigenvalue weighted by atomic mass is 15.2. The van der Waals surface area contributed by atoms with Gasteiger partial charge in [-0.15, -0.1) is 0 Å². The van der Waals surface area contributed by atoms with Crippen LogP contribution in [0.3, 0.4) is 0 Å². The molecule has 1 aliphatic carbocycles. The number of fused-ring (bicyclic) bond motifs is 1. The first kappa shape index (κ1) is 16.8. The van der Waals surface area contributed by atoms with E-state index >= 15 is 0 Å². The van der Waals surface area contributed by atoms with Gasteiger partial charge in [0.25, 0.3) is 0 Å². The summed E-state index contributed by atoms with van der Waals surface area (Å²) in [6, 6.07) is 10.6. The van der Waals surface area contributed by atoms with Gasteiger partial charge < -0.3 is 21.3 Å². The summed E-state index contributed by atoms with van der Waals surface area (Å²) in [7, 11) is 0. The van der Waals surface area contributed by atoms with E-state index < -0.39 is 0 Å². The van der Waals surface area contributed by atoms with E-state index in [1.807, 2.05) is 0 Å². The smallest absolute Gasteiger partial charge is 0.0367 e. The molecule has 128 valence electrons. The van der Waals surface area contributed by atoms with Crippen LogP contribution in [0.25, 0.3) is 0 Å². The number of nitrogens with two attached hydrogens (primary N) is 1. The van der Waals surface area contributed by atoms with Crippen molar-refractivity contribution in [3.8, 4) is 0 Å². The van der Waals surface area contributed by atoms with Crippen molar-refractivity contribution in [3.63, 3.8) is 0 Å². The standard InChI is InChI=1S/2C10H14N2/c11-6-5-8-7-12-10-4-2-1-3-9(8)10;1-2-4-10(5-3-1)12-8-6-11-7-9-12/h1-2,4,7,9,12H,3,5-6,11H2;1-5,11H,6-9H2. The van der Waals surface area contributed by atoms with Gasteiger partial charge in [-0.3, -0.25) is 0 Å². The predicted octanol–water partition coefficient (Wildman–Crippen LogP) is 2.38. The summed E-state index contributed by atoms with van der Waals surface area (Å²) in [4.78, 5) is 2.41. The number of allylic oxidation sites excluding steroid dienone is 4. The molecule has 0 aromatic heterocycles. The van der Waals surface area contributed by atoms with Gasteiger partial charge in [-0.1, -0.05) is 30.4 Å². The lowest BCUT2D eigenvalue weighted by Gasteiger charge is -2.29. The lowest BCUT2D eigenvalue weighted by Crippen LogP contribution is -2.43. The van der Waals surface area contributed by atoms with Crippen molar-refractivity contribution < 1.29 is 0 Å². The van der Waals surface area contributed by atoms with E-state index in [1.54, 1.807) is 0 Å². The van der Waals surface area contributed by atoms with Crippen molar-refractivity contribution in [1.29, 1.82) is 0 Å². The van der Waals surface area contributed by atoms with Crippen molar-refractivity contribution in [2.45, 2.75) is 12.8 Å². The summed E-state index contributed by atoms with van der Waals surface area (Å²) in [5, 5.41) is 6.63. The summed E-state index contributed by atoms with van der Waals surface area (Å²) >= 11 is 0. The predicted molar refractivity (Wildman–Crippen MR) is 102 cm³/mol. The monoisotopic (exact) mass is 324 g/mol. The highest BCUT2D eigenvalue weighted by Crippen LogP contribution is 2.31. The molecule has 4 rings (SSSR count). The minimum absolute atomic E-state index is 0.596. The maximum absolute atomic E-state index is 5.52. The number of benzene rings is 1. The van der Waals surface area contributed by atoms with E-state index in [0.717, 1.165) is 45.6 Å². The molecular weight excluding hydrogens is 296 g/mol. The number of hydrogen-bond donors (Lipinski definition) is 3. The first-order valence-corrected chi connectivity index (χ1v) is 8.91. The molecule has 1 aromatic carbocycles. The summed E-state index contributed by atoms with van der Waals surface area (Å²) in [6.07, 6.45) is 10.7. The second-order valence-corrected chi connectivity index (χ2v) is 6.31. The molecule has 0 bridgehead atoms. The van der Waals surface area contributed by atoms with Crippen LogP contribution in [0.2, 0.25) is 0 Å². The van der Waals surface area contributed by atoms with Crippen LogP contribution in [0, 0.1) is 5.92 Å². The molecule has 1 unspecified atom stereocenters. The lowest BCUT2D eigenvalue weighted by atomic mass is 9.90. The summed E-state index contributed by atoms with van der Waals surface area (Å²) in [6.45, 7) is 5.22. The van der Waals surface area contributed by atoms with E-state index in [1.165, 1.54) is 17.0 Å². The fourth-order valence-electron chi connectivity index (χ4n) is 3.38. The Morgan fingerprint density at radius 2 is 1.92 bits per heavy atom. The van der Waals surface area contributed by atoms with Gasteiger partial charge in [-0.25, -0.2) is 0 Å². The van der Waals surface area contributed by atoms with E-state index in [4.69, 9.17) is 5.73 Å². The van der Waals surface area contributed by atoms with Crippen LogP contribution in [0.1, 0.15) is 12.8 Å². The number of anilines is 1. The molecule has 0 saturated carbocycles. The molecule has 0 radical (unpaired) electrons. The minimum Gasteiger partial charge on any atom is -0.369 e. The van der Waals surface area contributed by atoms with Crippen LogP contribution in [0.15, 0.2) is 66.0 Å². The third-order valence-corrected chi connectivity index (χ3v) is 4.70. The average Bonchev–Trinajstić information content (AvgIpc) is 3.07. The quantitative estimate of drug-likeness (QED) is 0.799. The number of para-hydroxylation sites is 1. The van der Waals surface area contributed by atoms with Crippen LogP contribution in [0.5, 0.6) is 0 Å². The number of hydrogen-bond acceptors (Lipinski definition) is 4. The third-order valence-electron chi connectivity index (χ3n) is 4.70. The van der Waals surface area contributed by atoms with Gasteiger partial charge in [0, 0.05) is 49.7 Å². The van der Waals surface area contributed by atoms with Gasteiger partial charge in [0.1, 0.15) is 0 Å². The topological polar surface area (TPSA) is 53.3 Å². The Balaban J connectivity index is 0.000000141. The first-order valence-electron chi connectivity index (χ1n) is 8.91. The zero-order valence-electron chi connectivity index (χ0n) is 14.2. The molecule has 1 saturated heterocycles. The van der Waals surface area contributed by atoms with Crippen LogP contribution < -0.4 is 21.3 Å². The van der Waals surface area contributed by atoms with Gasteiger partial charge >= 0.3 is 0 Å². The van der Waals surface area contributed by atoms with Crippen LogP contribution in [0.4, 0.5) is 5.69 Å².